The first-order valence-electron chi connectivity index (χ1n) is 5.16. The molecule has 0 saturated heterocycles. The molecule has 84 valence electrons. The Hall–Kier alpha value is -0.280. The summed E-state index contributed by atoms with van der Waals surface area (Å²) in [5.41, 5.74) is 5.42. The maximum Gasteiger partial charge on any atom is 0.322 e. The van der Waals surface area contributed by atoms with Crippen molar-refractivity contribution < 1.29 is 9.53 Å². The van der Waals surface area contributed by atoms with Gasteiger partial charge < -0.3 is 10.5 Å². The van der Waals surface area contributed by atoms with Crippen LogP contribution >= 0.6 is 12.4 Å². The Labute approximate surface area is 91.8 Å². The lowest BCUT2D eigenvalue weighted by Gasteiger charge is -2.16. The number of halogens is 1. The molecule has 1 aliphatic rings. The van der Waals surface area contributed by atoms with Gasteiger partial charge in [-0.05, 0) is 32.6 Å². The van der Waals surface area contributed by atoms with Crippen molar-refractivity contribution in [3.8, 4) is 0 Å². The van der Waals surface area contributed by atoms with E-state index >= 15 is 0 Å². The zero-order valence-corrected chi connectivity index (χ0v) is 9.52. The Kier molecular flexibility index (Phi) is 6.93. The number of carbonyl (C=O) groups is 1. The van der Waals surface area contributed by atoms with Gasteiger partial charge in [0.2, 0.25) is 0 Å². The highest BCUT2D eigenvalue weighted by atomic mass is 35.5. The van der Waals surface area contributed by atoms with Crippen LogP contribution < -0.4 is 5.73 Å². The second kappa shape index (κ2) is 7.07. The summed E-state index contributed by atoms with van der Waals surface area (Å²) in [6.07, 6.45) is 7.05. The van der Waals surface area contributed by atoms with E-state index in [1.54, 1.807) is 6.92 Å². The highest BCUT2D eigenvalue weighted by Crippen LogP contribution is 2.19. The number of rotatable bonds is 2. The summed E-state index contributed by atoms with van der Waals surface area (Å²) in [6.45, 7) is 1.67. The van der Waals surface area contributed by atoms with Gasteiger partial charge in [0.1, 0.15) is 12.1 Å². The van der Waals surface area contributed by atoms with Gasteiger partial charge in [0, 0.05) is 0 Å². The van der Waals surface area contributed by atoms with Crippen molar-refractivity contribution in [1.82, 2.24) is 0 Å². The van der Waals surface area contributed by atoms with Crippen LogP contribution in [-0.4, -0.2) is 18.1 Å². The SMILES string of the molecule is C[C@H](N)C(=O)OC1CCCCCC1.Cl. The molecule has 0 bridgehead atoms. The van der Waals surface area contributed by atoms with Gasteiger partial charge in [-0.25, -0.2) is 0 Å². The molecule has 2 N–H and O–H groups in total. The van der Waals surface area contributed by atoms with Gasteiger partial charge in [-0.1, -0.05) is 12.8 Å². The van der Waals surface area contributed by atoms with Crippen LogP contribution in [0.4, 0.5) is 0 Å². The second-order valence-corrected chi connectivity index (χ2v) is 3.84. The smallest absolute Gasteiger partial charge is 0.322 e. The first-order chi connectivity index (χ1) is 6.20. The second-order valence-electron chi connectivity index (χ2n) is 3.84. The summed E-state index contributed by atoms with van der Waals surface area (Å²) in [7, 11) is 0. The lowest BCUT2D eigenvalue weighted by atomic mass is 10.1. The summed E-state index contributed by atoms with van der Waals surface area (Å²) in [5.74, 6) is -0.258. The summed E-state index contributed by atoms with van der Waals surface area (Å²) in [5, 5.41) is 0. The van der Waals surface area contributed by atoms with Gasteiger partial charge in [0.15, 0.2) is 0 Å². The fraction of sp³-hybridized carbons (Fsp3) is 0.900. The van der Waals surface area contributed by atoms with Crippen molar-refractivity contribution >= 4 is 18.4 Å². The predicted molar refractivity (Wildman–Crippen MR) is 58.5 cm³/mol. The minimum Gasteiger partial charge on any atom is -0.461 e. The number of nitrogens with two attached hydrogens (primary N) is 1. The molecule has 0 aromatic heterocycles. The molecule has 0 amide bonds. The van der Waals surface area contributed by atoms with Crippen molar-refractivity contribution in [1.29, 1.82) is 0 Å². The summed E-state index contributed by atoms with van der Waals surface area (Å²) < 4.78 is 5.27. The van der Waals surface area contributed by atoms with E-state index < -0.39 is 6.04 Å². The van der Waals surface area contributed by atoms with Gasteiger partial charge in [0.05, 0.1) is 0 Å². The zero-order valence-electron chi connectivity index (χ0n) is 8.70. The molecule has 1 aliphatic carbocycles. The molecule has 0 radical (unpaired) electrons. The topological polar surface area (TPSA) is 52.3 Å². The molecule has 4 heteroatoms. The van der Waals surface area contributed by atoms with Crippen molar-refractivity contribution in [3.63, 3.8) is 0 Å². The van der Waals surface area contributed by atoms with Crippen LogP contribution in [0.25, 0.3) is 0 Å². The van der Waals surface area contributed by atoms with E-state index in [0.29, 0.717) is 0 Å². The highest BCUT2D eigenvalue weighted by molar-refractivity contribution is 5.85. The van der Waals surface area contributed by atoms with Crippen molar-refractivity contribution in [3.05, 3.63) is 0 Å². The van der Waals surface area contributed by atoms with E-state index in [0.717, 1.165) is 12.8 Å². The molecule has 0 spiro atoms. The average molecular weight is 222 g/mol. The van der Waals surface area contributed by atoms with Gasteiger partial charge in [-0.15, -0.1) is 12.4 Å². The summed E-state index contributed by atoms with van der Waals surface area (Å²) in [4.78, 5) is 11.2. The minimum absolute atomic E-state index is 0. The monoisotopic (exact) mass is 221 g/mol. The predicted octanol–water partition coefficient (Wildman–Crippen LogP) is 2.02. The van der Waals surface area contributed by atoms with Crippen molar-refractivity contribution in [2.75, 3.05) is 0 Å². The van der Waals surface area contributed by atoms with Crippen LogP contribution in [0.3, 0.4) is 0 Å². The molecule has 0 unspecified atom stereocenters. The third kappa shape index (κ3) is 4.82. The number of esters is 1. The number of ether oxygens (including phenoxy) is 1. The molecule has 1 atom stereocenters. The average Bonchev–Trinajstić information content (AvgIpc) is 2.32. The third-order valence-corrected chi connectivity index (χ3v) is 2.46. The Morgan fingerprint density at radius 1 is 1.29 bits per heavy atom. The highest BCUT2D eigenvalue weighted by Gasteiger charge is 2.18. The molecule has 0 heterocycles. The van der Waals surface area contributed by atoms with Crippen LogP contribution in [0.2, 0.25) is 0 Å². The molecular weight excluding hydrogens is 202 g/mol. The molecule has 0 aliphatic heterocycles. The Morgan fingerprint density at radius 2 is 1.79 bits per heavy atom. The fourth-order valence-electron chi connectivity index (χ4n) is 1.63. The fourth-order valence-corrected chi connectivity index (χ4v) is 1.63. The number of hydrogen-bond donors (Lipinski definition) is 1. The van der Waals surface area contributed by atoms with Crippen LogP contribution in [0.5, 0.6) is 0 Å². The zero-order chi connectivity index (χ0) is 9.68. The van der Waals surface area contributed by atoms with Gasteiger partial charge in [-0.3, -0.25) is 4.79 Å². The molecule has 14 heavy (non-hydrogen) atoms. The minimum atomic E-state index is -0.483. The van der Waals surface area contributed by atoms with E-state index in [9.17, 15) is 4.79 Å². The maximum absolute atomic E-state index is 11.2. The van der Waals surface area contributed by atoms with E-state index in [1.807, 2.05) is 0 Å². The molecule has 0 aromatic rings. The normalized spacial score (nSPS) is 20.4. The van der Waals surface area contributed by atoms with Crippen LogP contribution in [0.1, 0.15) is 45.4 Å². The quantitative estimate of drug-likeness (QED) is 0.574. The first kappa shape index (κ1) is 13.7. The summed E-state index contributed by atoms with van der Waals surface area (Å²) >= 11 is 0. The van der Waals surface area contributed by atoms with E-state index in [-0.39, 0.29) is 24.5 Å². The standard InChI is InChI=1S/C10H19NO2.ClH/c1-8(11)10(12)13-9-6-4-2-3-5-7-9;/h8-9H,2-7,11H2,1H3;1H/t8-;/m0./s1. The number of hydrogen-bond acceptors (Lipinski definition) is 3. The third-order valence-electron chi connectivity index (χ3n) is 2.46. The van der Waals surface area contributed by atoms with Gasteiger partial charge in [-0.2, -0.15) is 0 Å². The molecule has 1 fully saturated rings. The van der Waals surface area contributed by atoms with Crippen molar-refractivity contribution in [2.45, 2.75) is 57.6 Å². The lowest BCUT2D eigenvalue weighted by Crippen LogP contribution is -2.32. The molecule has 3 nitrogen and oxygen atoms in total. The molecule has 1 rings (SSSR count). The summed E-state index contributed by atoms with van der Waals surface area (Å²) in [6, 6.07) is -0.483. The number of carbonyl (C=O) groups excluding carboxylic acids is 1. The van der Waals surface area contributed by atoms with E-state index in [2.05, 4.69) is 0 Å². The first-order valence-corrected chi connectivity index (χ1v) is 5.16. The Balaban J connectivity index is 0.00000169. The van der Waals surface area contributed by atoms with Crippen LogP contribution in [0, 0.1) is 0 Å². The largest absolute Gasteiger partial charge is 0.461 e. The van der Waals surface area contributed by atoms with Crippen LogP contribution in [-0.2, 0) is 9.53 Å². The maximum atomic E-state index is 11.2. The molecule has 1 saturated carbocycles. The Bertz CT molecular complexity index is 166. The molecular formula is C10H20ClNO2. The Morgan fingerprint density at radius 3 is 2.21 bits per heavy atom. The lowest BCUT2D eigenvalue weighted by molar-refractivity contribution is -0.150. The van der Waals surface area contributed by atoms with Crippen LogP contribution in [0.15, 0.2) is 0 Å². The molecule has 0 aromatic carbocycles. The van der Waals surface area contributed by atoms with Crippen molar-refractivity contribution in [2.24, 2.45) is 5.73 Å². The van der Waals surface area contributed by atoms with E-state index in [4.69, 9.17) is 10.5 Å². The van der Waals surface area contributed by atoms with E-state index in [1.165, 1.54) is 25.7 Å². The van der Waals surface area contributed by atoms with Gasteiger partial charge >= 0.3 is 5.97 Å². The van der Waals surface area contributed by atoms with Gasteiger partial charge in [0.25, 0.3) is 0 Å².